The summed E-state index contributed by atoms with van der Waals surface area (Å²) < 4.78 is 4.52. The van der Waals surface area contributed by atoms with E-state index in [0.29, 0.717) is 17.0 Å². The minimum atomic E-state index is -0.585. The number of carbonyl (C=O) groups excluding carboxylic acids is 2. The molecule has 1 saturated heterocycles. The van der Waals surface area contributed by atoms with Gasteiger partial charge in [-0.15, -0.1) is 5.10 Å². The van der Waals surface area contributed by atoms with Crippen molar-refractivity contribution in [2.75, 3.05) is 20.2 Å². The number of nitrogens with one attached hydrogen (secondary N) is 1. The van der Waals surface area contributed by atoms with Crippen molar-refractivity contribution in [2.45, 2.75) is 34.2 Å². The van der Waals surface area contributed by atoms with Gasteiger partial charge in [0, 0.05) is 25.7 Å². The van der Waals surface area contributed by atoms with Crippen LogP contribution in [0.15, 0.2) is 45.4 Å². The number of hydrogen-bond acceptors (Lipinski definition) is 7. The summed E-state index contributed by atoms with van der Waals surface area (Å²) in [4.78, 5) is 25.8. The summed E-state index contributed by atoms with van der Waals surface area (Å²) in [6.07, 6.45) is 2.76. The zero-order chi connectivity index (χ0) is 22.1. The molecule has 8 heteroatoms. The van der Waals surface area contributed by atoms with Crippen LogP contribution in [0.2, 0.25) is 0 Å². The van der Waals surface area contributed by atoms with Gasteiger partial charge in [-0.25, -0.2) is 4.79 Å². The van der Waals surface area contributed by atoms with E-state index in [9.17, 15) is 9.59 Å². The van der Waals surface area contributed by atoms with Crippen LogP contribution in [-0.2, 0) is 20.9 Å². The summed E-state index contributed by atoms with van der Waals surface area (Å²) in [5.41, 5.74) is 2.18. The van der Waals surface area contributed by atoms with Gasteiger partial charge in [0.1, 0.15) is 0 Å². The Labute approximate surface area is 182 Å². The average molecular weight is 431 g/mol. The fourth-order valence-corrected chi connectivity index (χ4v) is 3.73. The number of carbonyl (C=O) groups is 2. The van der Waals surface area contributed by atoms with Crippen molar-refractivity contribution in [3.8, 4) is 0 Å². The highest BCUT2D eigenvalue weighted by Crippen LogP contribution is 2.23. The Morgan fingerprint density at radius 1 is 1.17 bits per heavy atom. The molecule has 1 heterocycles. The number of benzene rings is 1. The second-order valence-electron chi connectivity index (χ2n) is 7.96. The van der Waals surface area contributed by atoms with Crippen LogP contribution in [0.5, 0.6) is 0 Å². The van der Waals surface area contributed by atoms with Crippen LogP contribution < -0.4 is 5.32 Å². The lowest BCUT2D eigenvalue weighted by Crippen LogP contribution is -2.30. The van der Waals surface area contributed by atoms with Crippen molar-refractivity contribution >= 4 is 35.0 Å². The standard InChI is InChI=1S/C22H30N4O3S/c1-15(2)12-26(13-16(3)4)14-18-8-6-17(7-9-18)11-23-25-22-24-21(28)19(30-22)10-20(27)29-5/h6-11,15-16H,12-14H2,1-5H3,(H,24,25,28)/b19-10+,23-11?. The number of esters is 1. The third kappa shape index (κ3) is 8.12. The van der Waals surface area contributed by atoms with E-state index in [2.05, 4.69) is 65.0 Å². The first-order valence-electron chi connectivity index (χ1n) is 9.98. The minimum Gasteiger partial charge on any atom is -0.466 e. The molecule has 0 atom stereocenters. The number of ether oxygens (including phenoxy) is 1. The molecule has 2 rings (SSSR count). The minimum absolute atomic E-state index is 0.229. The molecule has 162 valence electrons. The van der Waals surface area contributed by atoms with Crippen LogP contribution in [0.4, 0.5) is 0 Å². The Kier molecular flexibility index (Phi) is 9.26. The molecule has 0 spiro atoms. The van der Waals surface area contributed by atoms with Crippen molar-refractivity contribution in [3.63, 3.8) is 0 Å². The van der Waals surface area contributed by atoms with Crippen molar-refractivity contribution in [2.24, 2.45) is 22.0 Å². The number of thioether (sulfide) groups is 1. The van der Waals surface area contributed by atoms with Gasteiger partial charge in [-0.1, -0.05) is 52.0 Å². The van der Waals surface area contributed by atoms with Gasteiger partial charge in [0.05, 0.1) is 18.2 Å². The van der Waals surface area contributed by atoms with Gasteiger partial charge in [0.25, 0.3) is 5.91 Å². The fraction of sp³-hybridized carbons (Fsp3) is 0.455. The van der Waals surface area contributed by atoms with Gasteiger partial charge >= 0.3 is 5.97 Å². The summed E-state index contributed by atoms with van der Waals surface area (Å²) >= 11 is 1.05. The van der Waals surface area contributed by atoms with Gasteiger partial charge in [0.15, 0.2) is 5.17 Å². The normalized spacial score (nSPS) is 17.1. The summed E-state index contributed by atoms with van der Waals surface area (Å²) in [6, 6.07) is 8.21. The summed E-state index contributed by atoms with van der Waals surface area (Å²) in [7, 11) is 1.26. The second kappa shape index (κ2) is 11.7. The molecular weight excluding hydrogens is 400 g/mol. The first kappa shape index (κ1) is 23.8. The Morgan fingerprint density at radius 2 is 1.80 bits per heavy atom. The lowest BCUT2D eigenvalue weighted by atomic mass is 10.1. The third-order valence-corrected chi connectivity index (χ3v) is 4.99. The molecule has 0 unspecified atom stereocenters. The molecule has 1 aliphatic rings. The lowest BCUT2D eigenvalue weighted by molar-refractivity contribution is -0.135. The van der Waals surface area contributed by atoms with E-state index < -0.39 is 11.9 Å². The molecule has 0 saturated carbocycles. The summed E-state index contributed by atoms with van der Waals surface area (Å²) in [5, 5.41) is 10.9. The monoisotopic (exact) mass is 430 g/mol. The van der Waals surface area contributed by atoms with Crippen LogP contribution in [0.3, 0.4) is 0 Å². The first-order chi connectivity index (χ1) is 14.3. The van der Waals surface area contributed by atoms with Gasteiger partial charge in [-0.2, -0.15) is 5.10 Å². The van der Waals surface area contributed by atoms with E-state index in [0.717, 1.165) is 43.0 Å². The van der Waals surface area contributed by atoms with Gasteiger partial charge < -0.3 is 4.74 Å². The molecule has 0 aliphatic carbocycles. The van der Waals surface area contributed by atoms with E-state index in [4.69, 9.17) is 0 Å². The van der Waals surface area contributed by atoms with E-state index >= 15 is 0 Å². The molecule has 30 heavy (non-hydrogen) atoms. The number of rotatable bonds is 9. The number of amides is 1. The molecule has 1 fully saturated rings. The highest BCUT2D eigenvalue weighted by atomic mass is 32.2. The zero-order valence-electron chi connectivity index (χ0n) is 18.2. The van der Waals surface area contributed by atoms with Crippen molar-refractivity contribution < 1.29 is 14.3 Å². The molecule has 7 nitrogen and oxygen atoms in total. The van der Waals surface area contributed by atoms with Gasteiger partial charge in [-0.05, 0) is 34.7 Å². The molecular formula is C22H30N4O3S. The predicted octanol–water partition coefficient (Wildman–Crippen LogP) is 3.41. The van der Waals surface area contributed by atoms with Crippen LogP contribution in [0, 0.1) is 11.8 Å². The van der Waals surface area contributed by atoms with Crippen molar-refractivity contribution in [1.82, 2.24) is 10.2 Å². The summed E-state index contributed by atoms with van der Waals surface area (Å²) in [6.45, 7) is 12.1. The van der Waals surface area contributed by atoms with Crippen LogP contribution >= 0.6 is 11.8 Å². The summed E-state index contributed by atoms with van der Waals surface area (Å²) in [5.74, 6) is 0.284. The lowest BCUT2D eigenvalue weighted by Gasteiger charge is -2.26. The van der Waals surface area contributed by atoms with E-state index in [1.165, 1.54) is 12.7 Å². The van der Waals surface area contributed by atoms with Gasteiger partial charge in [0.2, 0.25) is 0 Å². The number of amidine groups is 1. The fourth-order valence-electron chi connectivity index (χ4n) is 2.99. The number of nitrogens with zero attached hydrogens (tertiary/aromatic N) is 3. The maximum absolute atomic E-state index is 11.8. The maximum Gasteiger partial charge on any atom is 0.331 e. The number of methoxy groups -OCH3 is 1. The molecule has 0 aromatic heterocycles. The van der Waals surface area contributed by atoms with Crippen molar-refractivity contribution in [3.05, 3.63) is 46.4 Å². The third-order valence-electron chi connectivity index (χ3n) is 4.09. The quantitative estimate of drug-likeness (QED) is 0.281. The van der Waals surface area contributed by atoms with Crippen LogP contribution in [-0.4, -0.2) is 48.4 Å². The Balaban J connectivity index is 1.96. The zero-order valence-corrected chi connectivity index (χ0v) is 19.0. The molecule has 1 aromatic carbocycles. The second-order valence-corrected chi connectivity index (χ2v) is 8.99. The highest BCUT2D eigenvalue weighted by molar-refractivity contribution is 8.18. The molecule has 1 aliphatic heterocycles. The van der Waals surface area contributed by atoms with Crippen molar-refractivity contribution in [1.29, 1.82) is 0 Å². The Morgan fingerprint density at radius 3 is 2.37 bits per heavy atom. The SMILES string of the molecule is COC(=O)/C=C1/S/C(=N\N=Cc2ccc(CN(CC(C)C)CC(C)C)cc2)NC1=O. The largest absolute Gasteiger partial charge is 0.466 e. The molecule has 1 aromatic rings. The van der Waals surface area contributed by atoms with Crippen LogP contribution in [0.1, 0.15) is 38.8 Å². The molecule has 0 radical (unpaired) electrons. The molecule has 1 N–H and O–H groups in total. The highest BCUT2D eigenvalue weighted by Gasteiger charge is 2.25. The molecule has 1 amide bonds. The van der Waals surface area contributed by atoms with E-state index in [1.807, 2.05) is 12.1 Å². The smallest absolute Gasteiger partial charge is 0.331 e. The topological polar surface area (TPSA) is 83.4 Å². The Bertz CT molecular complexity index is 819. The van der Waals surface area contributed by atoms with Gasteiger partial charge in [-0.3, -0.25) is 15.0 Å². The molecule has 0 bridgehead atoms. The van der Waals surface area contributed by atoms with E-state index in [-0.39, 0.29) is 4.91 Å². The first-order valence-corrected chi connectivity index (χ1v) is 10.8. The Hall–Kier alpha value is -2.45. The average Bonchev–Trinajstić information content (AvgIpc) is 3.01. The maximum atomic E-state index is 11.8. The predicted molar refractivity (Wildman–Crippen MR) is 122 cm³/mol. The van der Waals surface area contributed by atoms with Crippen LogP contribution in [0.25, 0.3) is 0 Å². The van der Waals surface area contributed by atoms with E-state index in [1.54, 1.807) is 6.21 Å². The number of hydrogen-bond donors (Lipinski definition) is 1.